The smallest absolute Gasteiger partial charge is 0.263 e. The number of imidazole rings is 2. The SMILES string of the molecule is Cc1cc(-n2ccnc2)cc2[nH]c(-c3c(NCC(O)c4cccc(Cl)c4)nc[nH]c3=O)nc12. The summed E-state index contributed by atoms with van der Waals surface area (Å²) in [6.45, 7) is 2.09. The Labute approximate surface area is 193 Å². The average Bonchev–Trinajstić information content (AvgIpc) is 3.48. The van der Waals surface area contributed by atoms with Crippen LogP contribution in [0.3, 0.4) is 0 Å². The summed E-state index contributed by atoms with van der Waals surface area (Å²) in [6.07, 6.45) is 5.76. The second-order valence-electron chi connectivity index (χ2n) is 7.62. The van der Waals surface area contributed by atoms with Crippen molar-refractivity contribution in [1.29, 1.82) is 0 Å². The van der Waals surface area contributed by atoms with Gasteiger partial charge in [0, 0.05) is 29.6 Å². The van der Waals surface area contributed by atoms with Gasteiger partial charge in [0.15, 0.2) is 0 Å². The molecule has 2 aromatic carbocycles. The summed E-state index contributed by atoms with van der Waals surface area (Å²) in [7, 11) is 0. The first-order valence-corrected chi connectivity index (χ1v) is 10.6. The summed E-state index contributed by atoms with van der Waals surface area (Å²) < 4.78 is 1.90. The molecule has 1 atom stereocenters. The minimum absolute atomic E-state index is 0.133. The third-order valence-electron chi connectivity index (χ3n) is 5.35. The Morgan fingerprint density at radius 2 is 2.15 bits per heavy atom. The largest absolute Gasteiger partial charge is 0.387 e. The van der Waals surface area contributed by atoms with Gasteiger partial charge in [-0.25, -0.2) is 15.0 Å². The molecule has 0 fully saturated rings. The minimum Gasteiger partial charge on any atom is -0.387 e. The number of aliphatic hydroxyl groups is 1. The molecule has 0 saturated carbocycles. The monoisotopic (exact) mass is 461 g/mol. The van der Waals surface area contributed by atoms with E-state index in [0.717, 1.165) is 22.3 Å². The van der Waals surface area contributed by atoms with Crippen LogP contribution in [0.5, 0.6) is 0 Å². The Bertz CT molecular complexity index is 1490. The van der Waals surface area contributed by atoms with E-state index in [1.807, 2.05) is 29.8 Å². The molecule has 10 heteroatoms. The maximum atomic E-state index is 12.7. The lowest BCUT2D eigenvalue weighted by molar-refractivity contribution is 0.191. The van der Waals surface area contributed by atoms with E-state index in [2.05, 4.69) is 30.2 Å². The summed E-state index contributed by atoms with van der Waals surface area (Å²) in [5, 5.41) is 14.1. The predicted molar refractivity (Wildman–Crippen MR) is 127 cm³/mol. The standard InChI is InChI=1S/C23H20ClN7O2/c1-13-7-16(31-6-5-25-12-31)9-17-20(13)30-22(29-17)19-21(27-11-28-23(19)33)26-10-18(32)14-3-2-4-15(24)8-14/h2-9,11-12,18,32H,10H2,1H3,(H,29,30)(H2,26,27,28,33). The van der Waals surface area contributed by atoms with Crippen molar-refractivity contribution in [3.63, 3.8) is 0 Å². The molecule has 33 heavy (non-hydrogen) atoms. The first-order chi connectivity index (χ1) is 16.0. The van der Waals surface area contributed by atoms with Crippen LogP contribution < -0.4 is 10.9 Å². The third kappa shape index (κ3) is 4.11. The van der Waals surface area contributed by atoms with E-state index >= 15 is 0 Å². The van der Waals surface area contributed by atoms with Crippen molar-refractivity contribution in [3.05, 3.63) is 87.9 Å². The highest BCUT2D eigenvalue weighted by Gasteiger charge is 2.18. The zero-order valence-electron chi connectivity index (χ0n) is 17.6. The Morgan fingerprint density at radius 3 is 2.94 bits per heavy atom. The number of nitrogens with zero attached hydrogens (tertiary/aromatic N) is 4. The number of aliphatic hydroxyl groups excluding tert-OH is 1. The Balaban J connectivity index is 1.49. The van der Waals surface area contributed by atoms with Gasteiger partial charge in [-0.3, -0.25) is 4.79 Å². The fraction of sp³-hybridized carbons (Fsp3) is 0.130. The highest BCUT2D eigenvalue weighted by Crippen LogP contribution is 2.27. The second-order valence-corrected chi connectivity index (χ2v) is 8.06. The average molecular weight is 462 g/mol. The molecule has 3 heterocycles. The first-order valence-electron chi connectivity index (χ1n) is 10.2. The van der Waals surface area contributed by atoms with Crippen molar-refractivity contribution in [3.8, 4) is 17.1 Å². The molecule has 0 saturated heterocycles. The van der Waals surface area contributed by atoms with E-state index in [0.29, 0.717) is 22.2 Å². The summed E-state index contributed by atoms with van der Waals surface area (Å²) in [5.41, 5.74) is 3.98. The zero-order valence-corrected chi connectivity index (χ0v) is 18.3. The number of fused-ring (bicyclic) bond motifs is 1. The van der Waals surface area contributed by atoms with E-state index in [1.165, 1.54) is 6.33 Å². The number of anilines is 1. The third-order valence-corrected chi connectivity index (χ3v) is 5.59. The van der Waals surface area contributed by atoms with E-state index in [1.54, 1.807) is 36.8 Å². The minimum atomic E-state index is -0.840. The number of hydrogen-bond donors (Lipinski definition) is 4. The molecule has 166 valence electrons. The molecule has 0 aliphatic heterocycles. The van der Waals surface area contributed by atoms with Gasteiger partial charge in [0.2, 0.25) is 0 Å². The molecule has 0 aliphatic rings. The van der Waals surface area contributed by atoms with Crippen molar-refractivity contribution in [2.24, 2.45) is 0 Å². The molecular weight excluding hydrogens is 442 g/mol. The van der Waals surface area contributed by atoms with Crippen molar-refractivity contribution >= 4 is 28.5 Å². The summed E-state index contributed by atoms with van der Waals surface area (Å²) >= 11 is 6.02. The summed E-state index contributed by atoms with van der Waals surface area (Å²) in [6, 6.07) is 10.9. The van der Waals surface area contributed by atoms with Crippen LogP contribution in [0.1, 0.15) is 17.2 Å². The fourth-order valence-corrected chi connectivity index (χ4v) is 3.93. The molecule has 9 nitrogen and oxygen atoms in total. The number of H-pyrrole nitrogens is 2. The maximum Gasteiger partial charge on any atom is 0.263 e. The zero-order chi connectivity index (χ0) is 22.9. The number of halogens is 1. The van der Waals surface area contributed by atoms with Gasteiger partial charge in [0.05, 0.1) is 29.8 Å². The van der Waals surface area contributed by atoms with Crippen LogP contribution in [-0.4, -0.2) is 41.1 Å². The lowest BCUT2D eigenvalue weighted by atomic mass is 10.1. The van der Waals surface area contributed by atoms with Gasteiger partial charge in [-0.15, -0.1) is 0 Å². The van der Waals surface area contributed by atoms with Gasteiger partial charge >= 0.3 is 0 Å². The van der Waals surface area contributed by atoms with Crippen LogP contribution in [-0.2, 0) is 0 Å². The number of hydrogen-bond acceptors (Lipinski definition) is 6. The van der Waals surface area contributed by atoms with Gasteiger partial charge < -0.3 is 25.0 Å². The van der Waals surface area contributed by atoms with E-state index in [-0.39, 0.29) is 17.7 Å². The second kappa shape index (κ2) is 8.53. The number of aryl methyl sites for hydroxylation is 1. The van der Waals surface area contributed by atoms with Crippen molar-refractivity contribution in [2.45, 2.75) is 13.0 Å². The molecule has 0 spiro atoms. The van der Waals surface area contributed by atoms with E-state index < -0.39 is 6.10 Å². The van der Waals surface area contributed by atoms with Gasteiger partial charge in [0.1, 0.15) is 17.2 Å². The quantitative estimate of drug-likeness (QED) is 0.306. The lowest BCUT2D eigenvalue weighted by Crippen LogP contribution is -2.18. The van der Waals surface area contributed by atoms with Crippen molar-refractivity contribution in [1.82, 2.24) is 29.5 Å². The molecule has 0 radical (unpaired) electrons. The van der Waals surface area contributed by atoms with Crippen molar-refractivity contribution in [2.75, 3.05) is 11.9 Å². The number of nitrogens with one attached hydrogen (secondary N) is 3. The molecule has 1 unspecified atom stereocenters. The molecule has 5 aromatic rings. The lowest BCUT2D eigenvalue weighted by Gasteiger charge is -2.14. The molecule has 0 aliphatic carbocycles. The predicted octanol–water partition coefficient (Wildman–Crippen LogP) is 3.61. The highest BCUT2D eigenvalue weighted by molar-refractivity contribution is 6.30. The fourth-order valence-electron chi connectivity index (χ4n) is 3.73. The summed E-state index contributed by atoms with van der Waals surface area (Å²) in [5.74, 6) is 0.691. The number of benzene rings is 2. The van der Waals surface area contributed by atoms with E-state index in [4.69, 9.17) is 11.6 Å². The van der Waals surface area contributed by atoms with Crippen LogP contribution in [0, 0.1) is 6.92 Å². The number of aromatic amines is 2. The van der Waals surface area contributed by atoms with Gasteiger partial charge in [0.25, 0.3) is 5.56 Å². The van der Waals surface area contributed by atoms with Gasteiger partial charge in [-0.1, -0.05) is 23.7 Å². The number of aromatic nitrogens is 6. The molecule has 5 rings (SSSR count). The van der Waals surface area contributed by atoms with Crippen LogP contribution in [0.15, 0.2) is 66.2 Å². The highest BCUT2D eigenvalue weighted by atomic mass is 35.5. The Kier molecular flexibility index (Phi) is 5.41. The maximum absolute atomic E-state index is 12.7. The van der Waals surface area contributed by atoms with Crippen molar-refractivity contribution < 1.29 is 5.11 Å². The first kappa shape index (κ1) is 20.9. The summed E-state index contributed by atoms with van der Waals surface area (Å²) in [4.78, 5) is 31.6. The van der Waals surface area contributed by atoms with Crippen LogP contribution in [0.4, 0.5) is 5.82 Å². The molecule has 0 bridgehead atoms. The topological polar surface area (TPSA) is 125 Å². The normalized spacial score (nSPS) is 12.2. The molecular formula is C23H20ClN7O2. The van der Waals surface area contributed by atoms with Gasteiger partial charge in [-0.2, -0.15) is 0 Å². The van der Waals surface area contributed by atoms with Crippen LogP contribution in [0.2, 0.25) is 5.02 Å². The molecule has 4 N–H and O–H groups in total. The Hall–Kier alpha value is -3.95. The van der Waals surface area contributed by atoms with Gasteiger partial charge in [-0.05, 0) is 42.3 Å². The van der Waals surface area contributed by atoms with Crippen LogP contribution in [0.25, 0.3) is 28.1 Å². The number of rotatable bonds is 6. The molecule has 3 aromatic heterocycles. The molecule has 0 amide bonds. The van der Waals surface area contributed by atoms with Crippen LogP contribution >= 0.6 is 11.6 Å². The van der Waals surface area contributed by atoms with E-state index in [9.17, 15) is 9.90 Å². The Morgan fingerprint density at radius 1 is 1.27 bits per heavy atom.